The molecule has 1 saturated heterocycles. The first-order chi connectivity index (χ1) is 12.3. The first-order valence-electron chi connectivity index (χ1n) is 9.20. The third kappa shape index (κ3) is 4.25. The van der Waals surface area contributed by atoms with Gasteiger partial charge >= 0.3 is 6.09 Å². The molecular formula is C22H28N2O2. The van der Waals surface area contributed by atoms with E-state index in [2.05, 4.69) is 65.7 Å². The molecule has 0 spiro atoms. The predicted octanol–water partition coefficient (Wildman–Crippen LogP) is 4.37. The van der Waals surface area contributed by atoms with Gasteiger partial charge in [0.25, 0.3) is 0 Å². The Labute approximate surface area is 156 Å². The summed E-state index contributed by atoms with van der Waals surface area (Å²) >= 11 is 0. The molecule has 3 rings (SSSR count). The summed E-state index contributed by atoms with van der Waals surface area (Å²) in [5.74, 6) is 0. The summed E-state index contributed by atoms with van der Waals surface area (Å²) in [6.45, 7) is 8.59. The fraction of sp³-hybridized carbons (Fsp3) is 0.409. The van der Waals surface area contributed by atoms with Crippen LogP contribution < -0.4 is 5.32 Å². The number of amides is 1. The number of benzene rings is 2. The predicted molar refractivity (Wildman–Crippen MR) is 104 cm³/mol. The average Bonchev–Trinajstić information content (AvgIpc) is 2.60. The summed E-state index contributed by atoms with van der Waals surface area (Å²) in [6, 6.07) is 21.6. The standard InChI is InChI=1S/C22H28N2O2/c1-16-19(23-21(25)26-22(2,3)4)15-24(16)20(17-11-7-5-8-12-17)18-13-9-6-10-14-18/h5-14,16,19-20H,15H2,1-4H3,(H,23,25)/t16-,19-/m0/s1. The first kappa shape index (κ1) is 18.5. The van der Waals surface area contributed by atoms with Crippen LogP contribution in [0.5, 0.6) is 0 Å². The Morgan fingerprint density at radius 1 is 1.04 bits per heavy atom. The van der Waals surface area contributed by atoms with Crippen LogP contribution in [-0.2, 0) is 4.74 Å². The summed E-state index contributed by atoms with van der Waals surface area (Å²) in [7, 11) is 0. The van der Waals surface area contributed by atoms with Crippen LogP contribution >= 0.6 is 0 Å². The summed E-state index contributed by atoms with van der Waals surface area (Å²) in [5.41, 5.74) is 2.05. The Balaban J connectivity index is 1.73. The lowest BCUT2D eigenvalue weighted by atomic mass is 9.88. The molecule has 2 aromatic rings. The zero-order chi connectivity index (χ0) is 18.7. The van der Waals surface area contributed by atoms with Crippen molar-refractivity contribution in [2.75, 3.05) is 6.54 Å². The van der Waals surface area contributed by atoms with E-state index < -0.39 is 5.60 Å². The van der Waals surface area contributed by atoms with Gasteiger partial charge in [-0.1, -0.05) is 60.7 Å². The summed E-state index contributed by atoms with van der Waals surface area (Å²) in [6.07, 6.45) is -0.343. The van der Waals surface area contributed by atoms with Crippen molar-refractivity contribution in [3.8, 4) is 0 Å². The Morgan fingerprint density at radius 3 is 1.96 bits per heavy atom. The highest BCUT2D eigenvalue weighted by Gasteiger charge is 2.42. The smallest absolute Gasteiger partial charge is 0.407 e. The Bertz CT molecular complexity index is 685. The lowest BCUT2D eigenvalue weighted by molar-refractivity contribution is 0.00845. The van der Waals surface area contributed by atoms with Gasteiger partial charge in [-0.3, -0.25) is 4.90 Å². The van der Waals surface area contributed by atoms with E-state index in [1.807, 2.05) is 32.9 Å². The van der Waals surface area contributed by atoms with Gasteiger partial charge in [0.1, 0.15) is 5.60 Å². The van der Waals surface area contributed by atoms with Crippen LogP contribution in [0, 0.1) is 0 Å². The van der Waals surface area contributed by atoms with Crippen LogP contribution in [0.4, 0.5) is 4.79 Å². The van der Waals surface area contributed by atoms with Gasteiger partial charge < -0.3 is 10.1 Å². The maximum Gasteiger partial charge on any atom is 0.407 e. The number of nitrogens with zero attached hydrogens (tertiary/aromatic N) is 1. The third-order valence-corrected chi connectivity index (χ3v) is 4.78. The lowest BCUT2D eigenvalue weighted by Gasteiger charge is -2.50. The molecule has 0 saturated carbocycles. The highest BCUT2D eigenvalue weighted by Crippen LogP contribution is 2.35. The fourth-order valence-electron chi connectivity index (χ4n) is 3.45. The van der Waals surface area contributed by atoms with Gasteiger partial charge in [0.15, 0.2) is 0 Å². The highest BCUT2D eigenvalue weighted by atomic mass is 16.6. The molecule has 1 heterocycles. The molecule has 0 radical (unpaired) electrons. The van der Waals surface area contributed by atoms with Crippen molar-refractivity contribution in [3.05, 3.63) is 71.8 Å². The molecule has 0 unspecified atom stereocenters. The summed E-state index contributed by atoms with van der Waals surface area (Å²) in [4.78, 5) is 14.5. The van der Waals surface area contributed by atoms with Crippen LogP contribution in [0.1, 0.15) is 44.9 Å². The van der Waals surface area contributed by atoms with Crippen molar-refractivity contribution in [2.45, 2.75) is 51.4 Å². The van der Waals surface area contributed by atoms with Crippen molar-refractivity contribution < 1.29 is 9.53 Å². The molecule has 0 bridgehead atoms. The number of ether oxygens (including phenoxy) is 1. The van der Waals surface area contributed by atoms with Gasteiger partial charge in [-0.05, 0) is 38.8 Å². The van der Waals surface area contributed by atoms with Gasteiger partial charge in [0, 0.05) is 12.6 Å². The van der Waals surface area contributed by atoms with Crippen molar-refractivity contribution in [3.63, 3.8) is 0 Å². The third-order valence-electron chi connectivity index (χ3n) is 4.78. The molecule has 0 aromatic heterocycles. The number of carbonyl (C=O) groups is 1. The van der Waals surface area contributed by atoms with Gasteiger partial charge in [0.05, 0.1) is 12.1 Å². The zero-order valence-electron chi connectivity index (χ0n) is 16.0. The maximum absolute atomic E-state index is 12.1. The van der Waals surface area contributed by atoms with Crippen LogP contribution in [0.2, 0.25) is 0 Å². The number of carbonyl (C=O) groups excluding carboxylic acids is 1. The van der Waals surface area contributed by atoms with E-state index in [4.69, 9.17) is 4.74 Å². The van der Waals surface area contributed by atoms with E-state index in [9.17, 15) is 4.79 Å². The number of hydrogen-bond donors (Lipinski definition) is 1. The minimum absolute atomic E-state index is 0.0970. The van der Waals surface area contributed by atoms with Crippen LogP contribution in [0.3, 0.4) is 0 Å². The van der Waals surface area contributed by atoms with E-state index in [0.717, 1.165) is 6.54 Å². The maximum atomic E-state index is 12.1. The van der Waals surface area contributed by atoms with Crippen molar-refractivity contribution >= 4 is 6.09 Å². The van der Waals surface area contributed by atoms with Crippen molar-refractivity contribution in [1.29, 1.82) is 0 Å². The molecular weight excluding hydrogens is 324 g/mol. The monoisotopic (exact) mass is 352 g/mol. The molecule has 1 aliphatic rings. The molecule has 2 atom stereocenters. The molecule has 2 aromatic carbocycles. The second-order valence-electron chi connectivity index (χ2n) is 7.91. The quantitative estimate of drug-likeness (QED) is 0.888. The first-order valence-corrected chi connectivity index (χ1v) is 9.20. The molecule has 1 fully saturated rings. The molecule has 0 aliphatic carbocycles. The number of alkyl carbamates (subject to hydrolysis) is 1. The molecule has 1 aliphatic heterocycles. The summed E-state index contributed by atoms with van der Waals surface area (Å²) < 4.78 is 5.39. The van der Waals surface area contributed by atoms with E-state index in [-0.39, 0.29) is 24.2 Å². The Kier molecular flexibility index (Phi) is 5.33. The number of rotatable bonds is 4. The molecule has 1 N–H and O–H groups in total. The topological polar surface area (TPSA) is 41.6 Å². The minimum atomic E-state index is -0.479. The van der Waals surface area contributed by atoms with E-state index in [1.165, 1.54) is 11.1 Å². The molecule has 4 nitrogen and oxygen atoms in total. The average molecular weight is 352 g/mol. The van der Waals surface area contributed by atoms with E-state index in [0.29, 0.717) is 0 Å². The van der Waals surface area contributed by atoms with Crippen LogP contribution in [-0.4, -0.2) is 35.2 Å². The van der Waals surface area contributed by atoms with Crippen LogP contribution in [0.25, 0.3) is 0 Å². The largest absolute Gasteiger partial charge is 0.444 e. The second kappa shape index (κ2) is 7.50. The molecule has 26 heavy (non-hydrogen) atoms. The number of likely N-dealkylation sites (tertiary alicyclic amines) is 1. The number of nitrogens with one attached hydrogen (secondary N) is 1. The zero-order valence-corrected chi connectivity index (χ0v) is 16.0. The van der Waals surface area contributed by atoms with Crippen molar-refractivity contribution in [1.82, 2.24) is 10.2 Å². The van der Waals surface area contributed by atoms with Crippen LogP contribution in [0.15, 0.2) is 60.7 Å². The van der Waals surface area contributed by atoms with E-state index in [1.54, 1.807) is 0 Å². The highest BCUT2D eigenvalue weighted by molar-refractivity contribution is 5.68. The van der Waals surface area contributed by atoms with Gasteiger partial charge in [-0.15, -0.1) is 0 Å². The molecule has 138 valence electrons. The number of hydrogen-bond acceptors (Lipinski definition) is 3. The van der Waals surface area contributed by atoms with Crippen molar-refractivity contribution in [2.24, 2.45) is 0 Å². The minimum Gasteiger partial charge on any atom is -0.444 e. The van der Waals surface area contributed by atoms with E-state index >= 15 is 0 Å². The Morgan fingerprint density at radius 2 is 1.54 bits per heavy atom. The normalized spacial score (nSPS) is 20.5. The molecule has 1 amide bonds. The second-order valence-corrected chi connectivity index (χ2v) is 7.91. The van der Waals surface area contributed by atoms with Gasteiger partial charge in [-0.2, -0.15) is 0 Å². The summed E-state index contributed by atoms with van der Waals surface area (Å²) in [5, 5.41) is 3.01. The molecule has 4 heteroatoms. The fourth-order valence-corrected chi connectivity index (χ4v) is 3.45. The lowest BCUT2D eigenvalue weighted by Crippen LogP contribution is -2.66. The Hall–Kier alpha value is -2.33. The van der Waals surface area contributed by atoms with Gasteiger partial charge in [0.2, 0.25) is 0 Å². The van der Waals surface area contributed by atoms with Gasteiger partial charge in [-0.25, -0.2) is 4.79 Å². The SMILES string of the molecule is C[C@H]1[C@@H](NC(=O)OC(C)(C)C)CN1C(c1ccccc1)c1ccccc1.